The van der Waals surface area contributed by atoms with Gasteiger partial charge in [-0.1, -0.05) is 6.07 Å². The first-order valence-electron chi connectivity index (χ1n) is 6.22. The van der Waals surface area contributed by atoms with E-state index in [-0.39, 0.29) is 0 Å². The van der Waals surface area contributed by atoms with E-state index in [1.54, 1.807) is 19.5 Å². The van der Waals surface area contributed by atoms with Crippen LogP contribution >= 0.6 is 0 Å². The maximum Gasteiger partial charge on any atom is 0.213 e. The average Bonchev–Trinajstić information content (AvgIpc) is 3.03. The Hall–Kier alpha value is -2.82. The van der Waals surface area contributed by atoms with E-state index in [2.05, 4.69) is 15.4 Å². The molecule has 2 aromatic heterocycles. The van der Waals surface area contributed by atoms with Crippen molar-refractivity contribution in [2.45, 2.75) is 0 Å². The van der Waals surface area contributed by atoms with Gasteiger partial charge in [-0.25, -0.2) is 9.67 Å². The second kappa shape index (κ2) is 5.44. The Kier molecular flexibility index (Phi) is 3.33. The fourth-order valence-electron chi connectivity index (χ4n) is 1.89. The SMILES string of the molecule is COc1ccc(Nc2cccc(-n3cccn3)c2)cn1. The van der Waals surface area contributed by atoms with E-state index in [0.717, 1.165) is 17.1 Å². The number of pyridine rings is 1. The molecule has 0 saturated heterocycles. The molecule has 0 aliphatic heterocycles. The first kappa shape index (κ1) is 12.2. The molecule has 0 fully saturated rings. The third-order valence-electron chi connectivity index (χ3n) is 2.85. The Morgan fingerprint density at radius 3 is 2.75 bits per heavy atom. The van der Waals surface area contributed by atoms with Crippen LogP contribution in [0.25, 0.3) is 5.69 Å². The van der Waals surface area contributed by atoms with Crippen molar-refractivity contribution in [3.63, 3.8) is 0 Å². The fraction of sp³-hybridized carbons (Fsp3) is 0.0667. The molecule has 0 bridgehead atoms. The lowest BCUT2D eigenvalue weighted by atomic mass is 10.2. The number of rotatable bonds is 4. The summed E-state index contributed by atoms with van der Waals surface area (Å²) in [5.74, 6) is 0.598. The molecule has 3 aromatic rings. The van der Waals surface area contributed by atoms with E-state index in [9.17, 15) is 0 Å². The topological polar surface area (TPSA) is 52.0 Å². The van der Waals surface area contributed by atoms with E-state index < -0.39 is 0 Å². The zero-order chi connectivity index (χ0) is 13.8. The smallest absolute Gasteiger partial charge is 0.213 e. The standard InChI is InChI=1S/C15H14N4O/c1-20-15-7-6-13(11-16-15)18-12-4-2-5-14(10-12)19-9-3-8-17-19/h2-11,18H,1H3. The number of nitrogens with zero attached hydrogens (tertiary/aromatic N) is 3. The molecule has 0 radical (unpaired) electrons. The second-order valence-corrected chi connectivity index (χ2v) is 4.22. The van der Waals surface area contributed by atoms with Gasteiger partial charge in [-0.2, -0.15) is 5.10 Å². The van der Waals surface area contributed by atoms with Crippen molar-refractivity contribution in [1.29, 1.82) is 0 Å². The van der Waals surface area contributed by atoms with Crippen LogP contribution in [-0.4, -0.2) is 21.9 Å². The van der Waals surface area contributed by atoms with Gasteiger partial charge in [0, 0.05) is 24.1 Å². The summed E-state index contributed by atoms with van der Waals surface area (Å²) in [6.45, 7) is 0. The van der Waals surface area contributed by atoms with Crippen LogP contribution in [0.1, 0.15) is 0 Å². The van der Waals surface area contributed by atoms with Crippen LogP contribution in [0.2, 0.25) is 0 Å². The molecule has 2 heterocycles. The molecule has 0 aliphatic carbocycles. The molecule has 5 nitrogen and oxygen atoms in total. The zero-order valence-electron chi connectivity index (χ0n) is 11.0. The summed E-state index contributed by atoms with van der Waals surface area (Å²) >= 11 is 0. The molecule has 1 aromatic carbocycles. The van der Waals surface area contributed by atoms with Gasteiger partial charge in [0.05, 0.1) is 24.7 Å². The van der Waals surface area contributed by atoms with Crippen LogP contribution in [0.5, 0.6) is 5.88 Å². The molecule has 100 valence electrons. The van der Waals surface area contributed by atoms with Crippen molar-refractivity contribution >= 4 is 11.4 Å². The molecule has 5 heteroatoms. The van der Waals surface area contributed by atoms with E-state index in [0.29, 0.717) is 5.88 Å². The van der Waals surface area contributed by atoms with Crippen molar-refractivity contribution in [2.75, 3.05) is 12.4 Å². The maximum absolute atomic E-state index is 5.04. The molecular weight excluding hydrogens is 252 g/mol. The molecule has 0 aliphatic rings. The number of ether oxygens (including phenoxy) is 1. The molecule has 1 N–H and O–H groups in total. The first-order valence-corrected chi connectivity index (χ1v) is 6.22. The van der Waals surface area contributed by atoms with Gasteiger partial charge in [0.15, 0.2) is 0 Å². The lowest BCUT2D eigenvalue weighted by molar-refractivity contribution is 0.398. The minimum absolute atomic E-state index is 0.598. The lowest BCUT2D eigenvalue weighted by Gasteiger charge is -2.08. The van der Waals surface area contributed by atoms with Crippen LogP contribution in [0.4, 0.5) is 11.4 Å². The van der Waals surface area contributed by atoms with Crippen LogP contribution in [0, 0.1) is 0 Å². The van der Waals surface area contributed by atoms with Gasteiger partial charge in [0.25, 0.3) is 0 Å². The molecule has 20 heavy (non-hydrogen) atoms. The minimum Gasteiger partial charge on any atom is -0.481 e. The summed E-state index contributed by atoms with van der Waals surface area (Å²) in [6, 6.07) is 13.6. The summed E-state index contributed by atoms with van der Waals surface area (Å²) in [4.78, 5) is 4.16. The fourth-order valence-corrected chi connectivity index (χ4v) is 1.89. The van der Waals surface area contributed by atoms with E-state index >= 15 is 0 Å². The van der Waals surface area contributed by atoms with Gasteiger partial charge in [-0.3, -0.25) is 0 Å². The normalized spacial score (nSPS) is 10.2. The third kappa shape index (κ3) is 2.61. The maximum atomic E-state index is 5.04. The summed E-state index contributed by atoms with van der Waals surface area (Å²) < 4.78 is 6.85. The molecule has 3 rings (SSSR count). The van der Waals surface area contributed by atoms with E-state index in [1.165, 1.54) is 0 Å². The number of hydrogen-bond donors (Lipinski definition) is 1. The average molecular weight is 266 g/mol. The Labute approximate surface area is 116 Å². The van der Waals surface area contributed by atoms with Crippen molar-refractivity contribution < 1.29 is 4.74 Å². The first-order chi connectivity index (χ1) is 9.85. The predicted molar refractivity (Wildman–Crippen MR) is 77.6 cm³/mol. The molecule has 0 spiro atoms. The van der Waals surface area contributed by atoms with Crippen molar-refractivity contribution in [1.82, 2.24) is 14.8 Å². The highest BCUT2D eigenvalue weighted by Gasteiger charge is 2.00. The number of anilines is 2. The van der Waals surface area contributed by atoms with Crippen molar-refractivity contribution in [3.8, 4) is 11.6 Å². The van der Waals surface area contributed by atoms with Crippen LogP contribution in [-0.2, 0) is 0 Å². The van der Waals surface area contributed by atoms with Gasteiger partial charge in [-0.15, -0.1) is 0 Å². The number of benzene rings is 1. The largest absolute Gasteiger partial charge is 0.481 e. The van der Waals surface area contributed by atoms with Crippen LogP contribution in [0.3, 0.4) is 0 Å². The van der Waals surface area contributed by atoms with Gasteiger partial charge in [0.2, 0.25) is 5.88 Å². The van der Waals surface area contributed by atoms with Gasteiger partial charge in [-0.05, 0) is 30.3 Å². The Morgan fingerprint density at radius 1 is 1.10 bits per heavy atom. The number of aromatic nitrogens is 3. The van der Waals surface area contributed by atoms with Gasteiger partial charge < -0.3 is 10.1 Å². The van der Waals surface area contributed by atoms with E-state index in [4.69, 9.17) is 4.74 Å². The highest BCUT2D eigenvalue weighted by atomic mass is 16.5. The molecule has 0 amide bonds. The second-order valence-electron chi connectivity index (χ2n) is 4.22. The zero-order valence-corrected chi connectivity index (χ0v) is 11.0. The highest BCUT2D eigenvalue weighted by molar-refractivity contribution is 5.61. The lowest BCUT2D eigenvalue weighted by Crippen LogP contribution is -1.97. The molecule has 0 saturated carbocycles. The van der Waals surface area contributed by atoms with Crippen LogP contribution < -0.4 is 10.1 Å². The van der Waals surface area contributed by atoms with E-state index in [1.807, 2.05) is 53.3 Å². The van der Waals surface area contributed by atoms with Crippen molar-refractivity contribution in [3.05, 3.63) is 61.1 Å². The molecule has 0 unspecified atom stereocenters. The van der Waals surface area contributed by atoms with Gasteiger partial charge in [0.1, 0.15) is 0 Å². The number of hydrogen-bond acceptors (Lipinski definition) is 4. The predicted octanol–water partition coefficient (Wildman–Crippen LogP) is 3.02. The summed E-state index contributed by atoms with van der Waals surface area (Å²) in [7, 11) is 1.60. The quantitative estimate of drug-likeness (QED) is 0.788. The monoisotopic (exact) mass is 266 g/mol. The molecular formula is C15H14N4O. The summed E-state index contributed by atoms with van der Waals surface area (Å²) in [5, 5.41) is 7.52. The number of nitrogens with one attached hydrogen (secondary N) is 1. The van der Waals surface area contributed by atoms with Gasteiger partial charge >= 0.3 is 0 Å². The summed E-state index contributed by atoms with van der Waals surface area (Å²) in [5.41, 5.74) is 2.88. The Morgan fingerprint density at radius 2 is 2.05 bits per heavy atom. The minimum atomic E-state index is 0.598. The van der Waals surface area contributed by atoms with Crippen molar-refractivity contribution in [2.24, 2.45) is 0 Å². The highest BCUT2D eigenvalue weighted by Crippen LogP contribution is 2.20. The van der Waals surface area contributed by atoms with Crippen LogP contribution in [0.15, 0.2) is 61.1 Å². The molecule has 0 atom stereocenters. The third-order valence-corrected chi connectivity index (χ3v) is 2.85. The summed E-state index contributed by atoms with van der Waals surface area (Å²) in [6.07, 6.45) is 5.40. The number of methoxy groups -OCH3 is 1. The Bertz CT molecular complexity index is 677. The Balaban J connectivity index is 1.82.